The summed E-state index contributed by atoms with van der Waals surface area (Å²) < 4.78 is 5.20. The van der Waals surface area contributed by atoms with Crippen molar-refractivity contribution in [1.82, 2.24) is 4.98 Å². The van der Waals surface area contributed by atoms with Gasteiger partial charge in [0, 0.05) is 37.5 Å². The third kappa shape index (κ3) is 2.71. The van der Waals surface area contributed by atoms with E-state index in [1.54, 1.807) is 7.11 Å². The molecule has 0 saturated heterocycles. The number of nitrogens with zero attached hydrogens (tertiary/aromatic N) is 1. The van der Waals surface area contributed by atoms with E-state index in [0.29, 0.717) is 5.41 Å². The van der Waals surface area contributed by atoms with Gasteiger partial charge < -0.3 is 10.1 Å². The summed E-state index contributed by atoms with van der Waals surface area (Å²) in [5.41, 5.74) is 2.70. The first kappa shape index (κ1) is 12.4. The SMILES string of the molecule is COCCC1(CNc2ccnc3ccccc23)CC1. The summed E-state index contributed by atoms with van der Waals surface area (Å²) in [5.74, 6) is 0. The summed E-state index contributed by atoms with van der Waals surface area (Å²) in [4.78, 5) is 4.39. The van der Waals surface area contributed by atoms with E-state index in [4.69, 9.17) is 4.74 Å². The van der Waals surface area contributed by atoms with Gasteiger partial charge in [-0.05, 0) is 36.8 Å². The molecular formula is C16H20N2O. The lowest BCUT2D eigenvalue weighted by Crippen LogP contribution is -2.17. The van der Waals surface area contributed by atoms with Crippen molar-refractivity contribution in [3.8, 4) is 0 Å². The molecule has 3 rings (SSSR count). The van der Waals surface area contributed by atoms with E-state index in [1.807, 2.05) is 12.3 Å². The predicted octanol–water partition coefficient (Wildman–Crippen LogP) is 3.46. The lowest BCUT2D eigenvalue weighted by atomic mass is 10.0. The van der Waals surface area contributed by atoms with Crippen molar-refractivity contribution in [3.05, 3.63) is 36.5 Å². The number of hydrogen-bond donors (Lipinski definition) is 1. The Balaban J connectivity index is 1.72. The van der Waals surface area contributed by atoms with Gasteiger partial charge >= 0.3 is 0 Å². The van der Waals surface area contributed by atoms with Crippen molar-refractivity contribution in [2.24, 2.45) is 5.41 Å². The van der Waals surface area contributed by atoms with Crippen LogP contribution >= 0.6 is 0 Å². The minimum Gasteiger partial charge on any atom is -0.385 e. The third-order valence-corrected chi connectivity index (χ3v) is 4.10. The topological polar surface area (TPSA) is 34.1 Å². The molecule has 0 radical (unpaired) electrons. The molecule has 1 heterocycles. The summed E-state index contributed by atoms with van der Waals surface area (Å²) in [6.45, 7) is 1.89. The number of para-hydroxylation sites is 1. The van der Waals surface area contributed by atoms with Crippen molar-refractivity contribution in [2.75, 3.05) is 25.6 Å². The number of methoxy groups -OCH3 is 1. The van der Waals surface area contributed by atoms with Crippen LogP contribution in [0.5, 0.6) is 0 Å². The van der Waals surface area contributed by atoms with Gasteiger partial charge in [-0.25, -0.2) is 0 Å². The van der Waals surface area contributed by atoms with E-state index < -0.39 is 0 Å². The molecule has 3 heteroatoms. The number of benzene rings is 1. The average molecular weight is 256 g/mol. The number of fused-ring (bicyclic) bond motifs is 1. The highest BCUT2D eigenvalue weighted by molar-refractivity contribution is 5.90. The van der Waals surface area contributed by atoms with Crippen LogP contribution in [0.3, 0.4) is 0 Å². The molecule has 1 aromatic heterocycles. The Morgan fingerprint density at radius 1 is 1.26 bits per heavy atom. The maximum Gasteiger partial charge on any atom is 0.0722 e. The lowest BCUT2D eigenvalue weighted by Gasteiger charge is -2.17. The second-order valence-corrected chi connectivity index (χ2v) is 5.47. The summed E-state index contributed by atoms with van der Waals surface area (Å²) >= 11 is 0. The smallest absolute Gasteiger partial charge is 0.0722 e. The van der Waals surface area contributed by atoms with E-state index in [2.05, 4.69) is 34.6 Å². The van der Waals surface area contributed by atoms with E-state index in [9.17, 15) is 0 Å². The van der Waals surface area contributed by atoms with Crippen LogP contribution in [0.4, 0.5) is 5.69 Å². The zero-order valence-electron chi connectivity index (χ0n) is 11.4. The second kappa shape index (κ2) is 5.17. The Morgan fingerprint density at radius 3 is 2.89 bits per heavy atom. The Bertz CT molecular complexity index is 558. The molecule has 3 nitrogen and oxygen atoms in total. The maximum absolute atomic E-state index is 5.20. The highest BCUT2D eigenvalue weighted by atomic mass is 16.5. The highest BCUT2D eigenvalue weighted by Crippen LogP contribution is 2.48. The molecule has 0 unspecified atom stereocenters. The molecule has 0 amide bonds. The number of nitrogens with one attached hydrogen (secondary N) is 1. The molecule has 2 aromatic rings. The van der Waals surface area contributed by atoms with Crippen LogP contribution in [0.25, 0.3) is 10.9 Å². The molecule has 1 aliphatic rings. The van der Waals surface area contributed by atoms with Gasteiger partial charge in [0.1, 0.15) is 0 Å². The number of anilines is 1. The molecule has 0 spiro atoms. The first-order chi connectivity index (χ1) is 9.33. The van der Waals surface area contributed by atoms with Crippen molar-refractivity contribution >= 4 is 16.6 Å². The monoisotopic (exact) mass is 256 g/mol. The fourth-order valence-electron chi connectivity index (χ4n) is 2.54. The molecule has 0 atom stereocenters. The summed E-state index contributed by atoms with van der Waals surface area (Å²) in [6, 6.07) is 10.3. The van der Waals surface area contributed by atoms with Gasteiger partial charge in [0.15, 0.2) is 0 Å². The van der Waals surface area contributed by atoms with Crippen LogP contribution < -0.4 is 5.32 Å². The fourth-order valence-corrected chi connectivity index (χ4v) is 2.54. The quantitative estimate of drug-likeness (QED) is 0.859. The molecule has 1 N–H and O–H groups in total. The van der Waals surface area contributed by atoms with Gasteiger partial charge in [0.2, 0.25) is 0 Å². The van der Waals surface area contributed by atoms with Gasteiger partial charge in [0.25, 0.3) is 0 Å². The van der Waals surface area contributed by atoms with Gasteiger partial charge in [-0.2, -0.15) is 0 Å². The fraction of sp³-hybridized carbons (Fsp3) is 0.438. The van der Waals surface area contributed by atoms with Crippen molar-refractivity contribution in [2.45, 2.75) is 19.3 Å². The van der Waals surface area contributed by atoms with E-state index in [0.717, 1.165) is 25.1 Å². The van der Waals surface area contributed by atoms with E-state index in [-0.39, 0.29) is 0 Å². The maximum atomic E-state index is 5.20. The van der Waals surface area contributed by atoms with Crippen LogP contribution in [-0.2, 0) is 4.74 Å². The molecule has 1 aromatic carbocycles. The Labute approximate surface area is 114 Å². The first-order valence-electron chi connectivity index (χ1n) is 6.90. The van der Waals surface area contributed by atoms with Gasteiger partial charge in [-0.1, -0.05) is 18.2 Å². The van der Waals surface area contributed by atoms with Crippen LogP contribution in [-0.4, -0.2) is 25.2 Å². The zero-order chi connectivity index (χ0) is 13.1. The van der Waals surface area contributed by atoms with Crippen molar-refractivity contribution < 1.29 is 4.74 Å². The lowest BCUT2D eigenvalue weighted by molar-refractivity contribution is 0.175. The van der Waals surface area contributed by atoms with E-state index in [1.165, 1.54) is 23.9 Å². The minimum absolute atomic E-state index is 0.459. The first-order valence-corrected chi connectivity index (χ1v) is 6.90. The van der Waals surface area contributed by atoms with Crippen LogP contribution in [0.15, 0.2) is 36.5 Å². The number of rotatable bonds is 6. The molecule has 1 saturated carbocycles. The molecule has 1 fully saturated rings. The molecule has 100 valence electrons. The number of pyridine rings is 1. The highest BCUT2D eigenvalue weighted by Gasteiger charge is 2.41. The van der Waals surface area contributed by atoms with Crippen molar-refractivity contribution in [3.63, 3.8) is 0 Å². The summed E-state index contributed by atoms with van der Waals surface area (Å²) in [6.07, 6.45) is 5.65. The van der Waals surface area contributed by atoms with Crippen molar-refractivity contribution in [1.29, 1.82) is 0 Å². The molecule has 1 aliphatic carbocycles. The minimum atomic E-state index is 0.459. The molecular weight excluding hydrogens is 236 g/mol. The standard InChI is InChI=1S/C16H20N2O/c1-19-11-9-16(7-8-16)12-18-15-6-10-17-14-5-3-2-4-13(14)15/h2-6,10H,7-9,11-12H2,1H3,(H,17,18). The van der Waals surface area contributed by atoms with E-state index >= 15 is 0 Å². The number of aromatic nitrogens is 1. The summed E-state index contributed by atoms with van der Waals surface area (Å²) in [5, 5.41) is 4.81. The number of ether oxygens (including phenoxy) is 1. The second-order valence-electron chi connectivity index (χ2n) is 5.47. The number of hydrogen-bond acceptors (Lipinski definition) is 3. The van der Waals surface area contributed by atoms with Gasteiger partial charge in [-0.15, -0.1) is 0 Å². The molecule has 0 bridgehead atoms. The van der Waals surface area contributed by atoms with Crippen LogP contribution in [0.1, 0.15) is 19.3 Å². The third-order valence-electron chi connectivity index (χ3n) is 4.10. The van der Waals surface area contributed by atoms with Gasteiger partial charge in [-0.3, -0.25) is 4.98 Å². The van der Waals surface area contributed by atoms with Gasteiger partial charge in [0.05, 0.1) is 5.52 Å². The van der Waals surface area contributed by atoms with Crippen LogP contribution in [0, 0.1) is 5.41 Å². The zero-order valence-corrected chi connectivity index (χ0v) is 11.4. The molecule has 0 aliphatic heterocycles. The Hall–Kier alpha value is -1.61. The van der Waals surface area contributed by atoms with Crippen LogP contribution in [0.2, 0.25) is 0 Å². The largest absolute Gasteiger partial charge is 0.385 e. The predicted molar refractivity (Wildman–Crippen MR) is 78.4 cm³/mol. The molecule has 19 heavy (non-hydrogen) atoms. The normalized spacial score (nSPS) is 16.5. The Kier molecular flexibility index (Phi) is 3.38. The average Bonchev–Trinajstić information content (AvgIpc) is 3.23. The summed E-state index contributed by atoms with van der Waals surface area (Å²) in [7, 11) is 1.78. The Morgan fingerprint density at radius 2 is 2.11 bits per heavy atom.